The van der Waals surface area contributed by atoms with Gasteiger partial charge in [-0.05, 0) is 76.6 Å². The average Bonchev–Trinajstić information content (AvgIpc) is 3.19. The van der Waals surface area contributed by atoms with E-state index < -0.39 is 15.3 Å². The van der Waals surface area contributed by atoms with Crippen molar-refractivity contribution in [3.8, 4) is 0 Å². The smallest absolute Gasteiger partial charge is 0.213 e. The molecule has 3 aromatic rings. The molecule has 12 heteroatoms. The first-order chi connectivity index (χ1) is 18.5. The van der Waals surface area contributed by atoms with E-state index in [1.807, 2.05) is 29.9 Å². The molecule has 2 aromatic heterocycles. The van der Waals surface area contributed by atoms with E-state index in [1.165, 1.54) is 6.42 Å². The lowest BCUT2D eigenvalue weighted by molar-refractivity contribution is 0.121. The highest BCUT2D eigenvalue weighted by atomic mass is 35.5. The van der Waals surface area contributed by atoms with Crippen LogP contribution in [0, 0.1) is 18.8 Å². The van der Waals surface area contributed by atoms with Crippen LogP contribution in [0.4, 0.5) is 5.82 Å². The zero-order chi connectivity index (χ0) is 27.9. The molecule has 1 aromatic carbocycles. The van der Waals surface area contributed by atoms with Crippen molar-refractivity contribution in [3.05, 3.63) is 45.7 Å². The third-order valence-corrected chi connectivity index (χ3v) is 10.5. The average molecular weight is 595 g/mol. The van der Waals surface area contributed by atoms with E-state index in [0.29, 0.717) is 28.4 Å². The number of hydrogen-bond acceptors (Lipinski definition) is 7. The van der Waals surface area contributed by atoms with E-state index >= 15 is 0 Å². The third kappa shape index (κ3) is 6.05. The summed E-state index contributed by atoms with van der Waals surface area (Å²) >= 11 is 12.6. The predicted molar refractivity (Wildman–Crippen MR) is 157 cm³/mol. The highest BCUT2D eigenvalue weighted by Crippen LogP contribution is 2.35. The van der Waals surface area contributed by atoms with Gasteiger partial charge in [0.05, 0.1) is 23.2 Å². The van der Waals surface area contributed by atoms with Crippen LogP contribution in [0.1, 0.15) is 50.9 Å². The van der Waals surface area contributed by atoms with Crippen LogP contribution in [-0.2, 0) is 10.0 Å². The molecule has 212 valence electrons. The molecule has 2 fully saturated rings. The van der Waals surface area contributed by atoms with Gasteiger partial charge in [-0.25, -0.2) is 27.8 Å². The van der Waals surface area contributed by atoms with E-state index in [-0.39, 0.29) is 6.04 Å². The van der Waals surface area contributed by atoms with Crippen LogP contribution < -0.4 is 9.62 Å². The number of likely N-dealkylation sites (tertiary alicyclic amines) is 1. The van der Waals surface area contributed by atoms with Crippen LogP contribution in [0.25, 0.3) is 11.2 Å². The van der Waals surface area contributed by atoms with Gasteiger partial charge < -0.3 is 9.80 Å². The van der Waals surface area contributed by atoms with Gasteiger partial charge in [0.2, 0.25) is 10.0 Å². The first-order valence-corrected chi connectivity index (χ1v) is 16.0. The van der Waals surface area contributed by atoms with Crippen LogP contribution >= 0.6 is 23.2 Å². The van der Waals surface area contributed by atoms with Gasteiger partial charge >= 0.3 is 0 Å². The monoisotopic (exact) mass is 593 g/mol. The van der Waals surface area contributed by atoms with E-state index in [1.54, 1.807) is 19.9 Å². The fourth-order valence-corrected chi connectivity index (χ4v) is 6.90. The van der Waals surface area contributed by atoms with E-state index in [4.69, 9.17) is 38.3 Å². The van der Waals surface area contributed by atoms with E-state index in [0.717, 1.165) is 67.4 Å². The van der Waals surface area contributed by atoms with Crippen molar-refractivity contribution in [1.29, 1.82) is 0 Å². The van der Waals surface area contributed by atoms with Gasteiger partial charge in [0.1, 0.15) is 11.3 Å². The number of fused-ring (bicyclic) bond motifs is 1. The summed E-state index contributed by atoms with van der Waals surface area (Å²) in [4.78, 5) is 14.4. The van der Waals surface area contributed by atoms with Crippen LogP contribution in [-0.4, -0.2) is 77.6 Å². The molecule has 2 aliphatic rings. The molecule has 0 spiro atoms. The Hall–Kier alpha value is -1.98. The van der Waals surface area contributed by atoms with Crippen molar-refractivity contribution in [3.63, 3.8) is 0 Å². The number of anilines is 1. The van der Waals surface area contributed by atoms with Crippen molar-refractivity contribution < 1.29 is 8.42 Å². The van der Waals surface area contributed by atoms with Crippen molar-refractivity contribution in [2.75, 3.05) is 44.2 Å². The number of halogens is 2. The molecule has 39 heavy (non-hydrogen) atoms. The second kappa shape index (κ2) is 11.5. The van der Waals surface area contributed by atoms with Gasteiger partial charge in [-0.2, -0.15) is 5.10 Å². The molecule has 1 N–H and O–H groups in total. The second-order valence-corrected chi connectivity index (χ2v) is 14.3. The quantitative estimate of drug-likeness (QED) is 0.389. The largest absolute Gasteiger partial charge is 0.355 e. The molecular weight excluding hydrogens is 557 g/mol. The number of sulfonamides is 1. The number of hydrogen-bond donors (Lipinski definition) is 1. The summed E-state index contributed by atoms with van der Waals surface area (Å²) in [5, 5.41) is 5.55. The third-order valence-electron chi connectivity index (χ3n) is 8.13. The summed E-state index contributed by atoms with van der Waals surface area (Å²) in [6.07, 6.45) is 4.21. The maximum absolute atomic E-state index is 12.0. The molecule has 5 rings (SSSR count). The molecule has 2 saturated heterocycles. The van der Waals surface area contributed by atoms with Gasteiger partial charge in [-0.15, -0.1) is 0 Å². The van der Waals surface area contributed by atoms with Crippen molar-refractivity contribution in [2.24, 2.45) is 11.8 Å². The Bertz CT molecular complexity index is 1440. The molecule has 0 unspecified atom stereocenters. The molecule has 0 bridgehead atoms. The van der Waals surface area contributed by atoms with Crippen LogP contribution in [0.3, 0.4) is 0 Å². The lowest BCUT2D eigenvalue weighted by Crippen LogP contribution is -2.54. The van der Waals surface area contributed by atoms with Gasteiger partial charge in [0.25, 0.3) is 0 Å². The Balaban J connectivity index is 1.23. The lowest BCUT2D eigenvalue weighted by Gasteiger charge is -2.47. The van der Waals surface area contributed by atoms with Crippen LogP contribution in [0.15, 0.2) is 24.4 Å². The first kappa shape index (κ1) is 28.5. The number of nitrogens with zero attached hydrogens (tertiary/aromatic N) is 6. The minimum Gasteiger partial charge on any atom is -0.355 e. The zero-order valence-electron chi connectivity index (χ0n) is 22.9. The lowest BCUT2D eigenvalue weighted by atomic mass is 9.80. The van der Waals surface area contributed by atoms with E-state index in [9.17, 15) is 8.42 Å². The molecule has 0 amide bonds. The normalized spacial score (nSPS) is 20.1. The number of nitrogens with one attached hydrogen (secondary N) is 1. The molecule has 0 aliphatic carbocycles. The SMILES string of the molecule is Cc1nn([C@H](C)c2ccc(Cl)cc2Cl)c2nc(N3CC([C@H]4CCCN(CCNS(=O)(=O)C(C)C)C4)C3)cnc12. The maximum Gasteiger partial charge on any atom is 0.213 e. The summed E-state index contributed by atoms with van der Waals surface area (Å²) in [6.45, 7) is 12.6. The first-order valence-electron chi connectivity index (χ1n) is 13.7. The highest BCUT2D eigenvalue weighted by molar-refractivity contribution is 7.90. The predicted octanol–water partition coefficient (Wildman–Crippen LogP) is 4.53. The molecule has 2 atom stereocenters. The second-order valence-electron chi connectivity index (χ2n) is 11.1. The fourth-order valence-electron chi connectivity index (χ4n) is 5.63. The number of benzene rings is 1. The number of aromatic nitrogens is 4. The summed E-state index contributed by atoms with van der Waals surface area (Å²) in [7, 11) is -3.22. The maximum atomic E-state index is 12.0. The summed E-state index contributed by atoms with van der Waals surface area (Å²) < 4.78 is 28.7. The topological polar surface area (TPSA) is 96.3 Å². The van der Waals surface area contributed by atoms with E-state index in [2.05, 4.69) is 21.4 Å². The van der Waals surface area contributed by atoms with Gasteiger partial charge in [0.15, 0.2) is 5.65 Å². The molecular formula is C27H37Cl2N7O2S. The van der Waals surface area contributed by atoms with Crippen molar-refractivity contribution in [1.82, 2.24) is 29.4 Å². The van der Waals surface area contributed by atoms with Crippen molar-refractivity contribution >= 4 is 50.2 Å². The molecule has 9 nitrogen and oxygen atoms in total. The number of aryl methyl sites for hydroxylation is 1. The minimum atomic E-state index is -3.22. The molecule has 0 radical (unpaired) electrons. The number of rotatable bonds is 9. The number of piperidine rings is 1. The Morgan fingerprint density at radius 2 is 1.90 bits per heavy atom. The standard InChI is InChI=1S/C27H37Cl2N7O2S/c1-17(2)39(37,38)31-9-11-34-10-5-6-20(14-34)21-15-35(16-21)25-13-30-26-18(3)33-36(27(26)32-25)19(4)23-8-7-22(28)12-24(23)29/h7-8,12-13,17,19-21,31H,5-6,9-11,14-16H2,1-4H3/t19-,20+/m1/s1. The zero-order valence-corrected chi connectivity index (χ0v) is 25.3. The molecule has 4 heterocycles. The Kier molecular flexibility index (Phi) is 8.41. The van der Waals surface area contributed by atoms with Crippen LogP contribution in [0.5, 0.6) is 0 Å². The van der Waals surface area contributed by atoms with Crippen molar-refractivity contribution in [2.45, 2.75) is 51.8 Å². The molecule has 0 saturated carbocycles. The van der Waals surface area contributed by atoms with Gasteiger partial charge in [0, 0.05) is 42.8 Å². The Labute approximate surface area is 240 Å². The Morgan fingerprint density at radius 1 is 1.13 bits per heavy atom. The summed E-state index contributed by atoms with van der Waals surface area (Å²) in [5.41, 5.74) is 3.31. The Morgan fingerprint density at radius 3 is 2.62 bits per heavy atom. The van der Waals surface area contributed by atoms with Gasteiger partial charge in [-0.1, -0.05) is 29.3 Å². The van der Waals surface area contributed by atoms with Gasteiger partial charge in [-0.3, -0.25) is 0 Å². The fraction of sp³-hybridized carbons (Fsp3) is 0.593. The van der Waals surface area contributed by atoms with Crippen LogP contribution in [0.2, 0.25) is 10.0 Å². The minimum absolute atomic E-state index is 0.127. The highest BCUT2D eigenvalue weighted by Gasteiger charge is 2.36. The molecule has 2 aliphatic heterocycles. The summed E-state index contributed by atoms with van der Waals surface area (Å²) in [5.74, 6) is 2.06. The summed E-state index contributed by atoms with van der Waals surface area (Å²) in [6, 6.07) is 5.40.